The maximum atomic E-state index is 12.0. The van der Waals surface area contributed by atoms with Gasteiger partial charge in [-0.3, -0.25) is 4.79 Å². The summed E-state index contributed by atoms with van der Waals surface area (Å²) in [5, 5.41) is 7.58. The van der Waals surface area contributed by atoms with Crippen molar-refractivity contribution in [1.29, 1.82) is 0 Å². The quantitative estimate of drug-likeness (QED) is 0.841. The zero-order valence-corrected chi connectivity index (χ0v) is 13.6. The maximum Gasteiger partial charge on any atom is 0.228 e. The van der Waals surface area contributed by atoms with Gasteiger partial charge in [-0.1, -0.05) is 17.7 Å². The number of benzene rings is 1. The van der Waals surface area contributed by atoms with Crippen LogP contribution in [0.15, 0.2) is 36.5 Å². The topological polar surface area (TPSA) is 82.2 Å². The smallest absolute Gasteiger partial charge is 0.228 e. The highest BCUT2D eigenvalue weighted by Crippen LogP contribution is 2.18. The SMILES string of the molecule is COC(CN)CC(=O)Nc1ccnn1-c1cccc(Cl)c1.Cl. The Morgan fingerprint density at radius 2 is 2.27 bits per heavy atom. The molecule has 3 N–H and O–H groups in total. The van der Waals surface area contributed by atoms with Crippen LogP contribution in [0, 0.1) is 0 Å². The first-order valence-corrected chi connectivity index (χ1v) is 6.84. The number of hydrogen-bond donors (Lipinski definition) is 2. The second-order valence-electron chi connectivity index (χ2n) is 4.45. The molecule has 0 aliphatic heterocycles. The molecule has 6 nitrogen and oxygen atoms in total. The van der Waals surface area contributed by atoms with Gasteiger partial charge in [0.1, 0.15) is 5.82 Å². The fraction of sp³-hybridized carbons (Fsp3) is 0.286. The van der Waals surface area contributed by atoms with Crippen LogP contribution < -0.4 is 11.1 Å². The average molecular weight is 345 g/mol. The van der Waals surface area contributed by atoms with Gasteiger partial charge in [-0.05, 0) is 18.2 Å². The van der Waals surface area contributed by atoms with Gasteiger partial charge in [-0.25, -0.2) is 4.68 Å². The van der Waals surface area contributed by atoms with Gasteiger partial charge in [0.25, 0.3) is 0 Å². The van der Waals surface area contributed by atoms with E-state index < -0.39 is 0 Å². The monoisotopic (exact) mass is 344 g/mol. The number of halogens is 2. The predicted octanol–water partition coefficient (Wildman–Crippen LogP) is 2.25. The van der Waals surface area contributed by atoms with E-state index in [1.54, 1.807) is 29.1 Å². The average Bonchev–Trinajstić information content (AvgIpc) is 2.92. The molecule has 1 unspecified atom stereocenters. The van der Waals surface area contributed by atoms with E-state index in [0.29, 0.717) is 10.8 Å². The minimum absolute atomic E-state index is 0. The molecule has 0 saturated carbocycles. The van der Waals surface area contributed by atoms with E-state index >= 15 is 0 Å². The Kier molecular flexibility index (Phi) is 7.34. The summed E-state index contributed by atoms with van der Waals surface area (Å²) in [5.74, 6) is 0.380. The van der Waals surface area contributed by atoms with Crippen molar-refractivity contribution in [1.82, 2.24) is 9.78 Å². The molecule has 1 atom stereocenters. The van der Waals surface area contributed by atoms with Crippen molar-refractivity contribution in [2.45, 2.75) is 12.5 Å². The van der Waals surface area contributed by atoms with Crippen LogP contribution in [0.1, 0.15) is 6.42 Å². The van der Waals surface area contributed by atoms with E-state index in [1.807, 2.05) is 12.1 Å². The summed E-state index contributed by atoms with van der Waals surface area (Å²) in [4.78, 5) is 12.0. The normalized spacial score (nSPS) is 11.6. The largest absolute Gasteiger partial charge is 0.380 e. The maximum absolute atomic E-state index is 12.0. The van der Waals surface area contributed by atoms with Gasteiger partial charge in [0.15, 0.2) is 0 Å². The first-order chi connectivity index (χ1) is 10.1. The summed E-state index contributed by atoms with van der Waals surface area (Å²) in [6.07, 6.45) is 1.49. The Labute approximate surface area is 140 Å². The van der Waals surface area contributed by atoms with Crippen LogP contribution >= 0.6 is 24.0 Å². The van der Waals surface area contributed by atoms with Gasteiger partial charge in [-0.15, -0.1) is 12.4 Å². The fourth-order valence-corrected chi connectivity index (χ4v) is 2.06. The Morgan fingerprint density at radius 1 is 1.50 bits per heavy atom. The first kappa shape index (κ1) is 18.4. The van der Waals surface area contributed by atoms with Gasteiger partial charge in [0.2, 0.25) is 5.91 Å². The Bertz CT molecular complexity index is 614. The number of nitrogens with zero attached hydrogens (tertiary/aromatic N) is 2. The minimum Gasteiger partial charge on any atom is -0.380 e. The lowest BCUT2D eigenvalue weighted by atomic mass is 10.2. The van der Waals surface area contributed by atoms with Crippen LogP contribution in [0.4, 0.5) is 5.82 Å². The molecule has 0 saturated heterocycles. The third-order valence-corrected chi connectivity index (χ3v) is 3.21. The van der Waals surface area contributed by atoms with Crippen molar-refractivity contribution in [2.75, 3.05) is 19.0 Å². The minimum atomic E-state index is -0.299. The summed E-state index contributed by atoms with van der Waals surface area (Å²) >= 11 is 5.97. The lowest BCUT2D eigenvalue weighted by Crippen LogP contribution is -2.28. The number of anilines is 1. The number of nitrogens with two attached hydrogens (primary N) is 1. The second kappa shape index (κ2) is 8.75. The third-order valence-electron chi connectivity index (χ3n) is 2.97. The van der Waals surface area contributed by atoms with Crippen molar-refractivity contribution >= 4 is 35.7 Å². The molecule has 1 amide bonds. The summed E-state index contributed by atoms with van der Waals surface area (Å²) in [7, 11) is 1.53. The van der Waals surface area contributed by atoms with E-state index in [4.69, 9.17) is 22.1 Å². The van der Waals surface area contributed by atoms with Crippen molar-refractivity contribution < 1.29 is 9.53 Å². The summed E-state index contributed by atoms with van der Waals surface area (Å²) in [6, 6.07) is 8.93. The van der Waals surface area contributed by atoms with Crippen molar-refractivity contribution in [3.8, 4) is 5.69 Å². The summed E-state index contributed by atoms with van der Waals surface area (Å²) in [6.45, 7) is 0.289. The van der Waals surface area contributed by atoms with Crippen LogP contribution in [0.25, 0.3) is 5.69 Å². The van der Waals surface area contributed by atoms with Gasteiger partial charge in [-0.2, -0.15) is 5.10 Å². The Balaban J connectivity index is 0.00000242. The zero-order chi connectivity index (χ0) is 15.2. The van der Waals surface area contributed by atoms with E-state index in [0.717, 1.165) is 5.69 Å². The lowest BCUT2D eigenvalue weighted by molar-refractivity contribution is -0.118. The van der Waals surface area contributed by atoms with Gasteiger partial charge in [0, 0.05) is 24.7 Å². The molecule has 0 radical (unpaired) electrons. The molecule has 120 valence electrons. The van der Waals surface area contributed by atoms with Crippen LogP contribution in [-0.2, 0) is 9.53 Å². The highest BCUT2D eigenvalue weighted by atomic mass is 35.5. The number of carbonyl (C=O) groups excluding carboxylic acids is 1. The third kappa shape index (κ3) is 4.71. The van der Waals surface area contributed by atoms with E-state index in [2.05, 4.69) is 10.4 Å². The van der Waals surface area contributed by atoms with E-state index in [-0.39, 0.29) is 37.4 Å². The molecule has 0 bridgehead atoms. The van der Waals surface area contributed by atoms with Crippen molar-refractivity contribution in [3.63, 3.8) is 0 Å². The van der Waals surface area contributed by atoms with Crippen LogP contribution in [0.5, 0.6) is 0 Å². The number of aromatic nitrogens is 2. The van der Waals surface area contributed by atoms with Crippen LogP contribution in [0.3, 0.4) is 0 Å². The van der Waals surface area contributed by atoms with E-state index in [9.17, 15) is 4.79 Å². The van der Waals surface area contributed by atoms with E-state index in [1.165, 1.54) is 7.11 Å². The molecular formula is C14H18Cl2N4O2. The van der Waals surface area contributed by atoms with Crippen LogP contribution in [-0.4, -0.2) is 35.4 Å². The molecule has 22 heavy (non-hydrogen) atoms. The molecule has 0 spiro atoms. The molecule has 2 aromatic rings. The van der Waals surface area contributed by atoms with Gasteiger partial charge < -0.3 is 15.8 Å². The van der Waals surface area contributed by atoms with Crippen LogP contribution in [0.2, 0.25) is 5.02 Å². The number of methoxy groups -OCH3 is 1. The standard InChI is InChI=1S/C14H17ClN4O2.ClH/c1-21-12(9-16)8-14(20)18-13-5-6-17-19(13)11-4-2-3-10(15)7-11;/h2-7,12H,8-9,16H2,1H3,(H,18,20);1H. The number of rotatable bonds is 6. The second-order valence-corrected chi connectivity index (χ2v) is 4.89. The zero-order valence-electron chi connectivity index (χ0n) is 12.0. The molecule has 1 heterocycles. The molecular weight excluding hydrogens is 327 g/mol. The molecule has 0 aliphatic carbocycles. The highest BCUT2D eigenvalue weighted by molar-refractivity contribution is 6.30. The fourth-order valence-electron chi connectivity index (χ4n) is 1.88. The molecule has 2 rings (SSSR count). The number of carbonyl (C=O) groups is 1. The molecule has 0 fully saturated rings. The highest BCUT2D eigenvalue weighted by Gasteiger charge is 2.14. The molecule has 0 aliphatic rings. The van der Waals surface area contributed by atoms with Gasteiger partial charge in [0.05, 0.1) is 24.4 Å². The number of amides is 1. The number of ether oxygens (including phenoxy) is 1. The summed E-state index contributed by atoms with van der Waals surface area (Å²) < 4.78 is 6.70. The molecule has 1 aromatic heterocycles. The van der Waals surface area contributed by atoms with Crippen molar-refractivity contribution in [3.05, 3.63) is 41.6 Å². The van der Waals surface area contributed by atoms with Crippen molar-refractivity contribution in [2.24, 2.45) is 5.73 Å². The molecule has 8 heteroatoms. The first-order valence-electron chi connectivity index (χ1n) is 6.46. The summed E-state index contributed by atoms with van der Waals surface area (Å²) in [5.41, 5.74) is 6.27. The number of nitrogens with one attached hydrogen (secondary N) is 1. The Morgan fingerprint density at radius 3 is 2.91 bits per heavy atom. The van der Waals surface area contributed by atoms with Gasteiger partial charge >= 0.3 is 0 Å². The predicted molar refractivity (Wildman–Crippen MR) is 88.9 cm³/mol. The number of hydrogen-bond acceptors (Lipinski definition) is 4. The lowest BCUT2D eigenvalue weighted by Gasteiger charge is -2.13. The Hall–Kier alpha value is -1.60. The molecule has 1 aromatic carbocycles.